The van der Waals surface area contributed by atoms with Crippen molar-refractivity contribution in [3.8, 4) is 10.6 Å². The summed E-state index contributed by atoms with van der Waals surface area (Å²) in [5.41, 5.74) is 3.15. The minimum Gasteiger partial charge on any atom is -0.349 e. The highest BCUT2D eigenvalue weighted by molar-refractivity contribution is 7.13. The van der Waals surface area contributed by atoms with Crippen LogP contribution in [0.25, 0.3) is 21.6 Å². The van der Waals surface area contributed by atoms with Gasteiger partial charge in [-0.15, -0.1) is 11.3 Å². The number of aryl methyl sites for hydroxylation is 2. The Morgan fingerprint density at radius 1 is 1.40 bits per heavy atom. The molecule has 128 valence electrons. The fourth-order valence-corrected chi connectivity index (χ4v) is 4.99. The van der Waals surface area contributed by atoms with Crippen LogP contribution in [0.1, 0.15) is 35.3 Å². The predicted octanol–water partition coefficient (Wildman–Crippen LogP) is 3.53. The second-order valence-electron chi connectivity index (χ2n) is 7.26. The molecular formula is C19H20N4OS. The standard InChI is InChI=1S/C19H20N4OS/c1-10-17-13(19(24)21-14-6-5-11-8-12(11)14)9-15(16-4-3-7-25-16)20-18(17)23(2)22-10/h3-4,7,9,11-12,14H,5-6,8H2,1-2H3,(H,21,24). The number of amides is 1. The first-order chi connectivity index (χ1) is 12.1. The van der Waals surface area contributed by atoms with Gasteiger partial charge in [0.05, 0.1) is 27.2 Å². The van der Waals surface area contributed by atoms with Gasteiger partial charge in [0.25, 0.3) is 5.91 Å². The van der Waals surface area contributed by atoms with Gasteiger partial charge in [-0.25, -0.2) is 4.98 Å². The van der Waals surface area contributed by atoms with Gasteiger partial charge in [0.15, 0.2) is 5.65 Å². The lowest BCUT2D eigenvalue weighted by Crippen LogP contribution is -2.35. The molecule has 3 heterocycles. The summed E-state index contributed by atoms with van der Waals surface area (Å²) in [5.74, 6) is 1.57. The fourth-order valence-electron chi connectivity index (χ4n) is 4.30. The molecule has 2 fully saturated rings. The number of rotatable bonds is 3. The van der Waals surface area contributed by atoms with Crippen LogP contribution in [0.4, 0.5) is 0 Å². The summed E-state index contributed by atoms with van der Waals surface area (Å²) in [6.45, 7) is 1.94. The molecular weight excluding hydrogens is 332 g/mol. The van der Waals surface area contributed by atoms with E-state index in [1.165, 1.54) is 12.8 Å². The average Bonchev–Trinajstić information content (AvgIpc) is 2.94. The van der Waals surface area contributed by atoms with E-state index in [4.69, 9.17) is 4.98 Å². The van der Waals surface area contributed by atoms with E-state index < -0.39 is 0 Å². The van der Waals surface area contributed by atoms with Crippen LogP contribution in [0.2, 0.25) is 0 Å². The monoisotopic (exact) mass is 352 g/mol. The Labute approximate surface area is 150 Å². The number of pyridine rings is 1. The van der Waals surface area contributed by atoms with Crippen LogP contribution in [-0.2, 0) is 7.05 Å². The first-order valence-electron chi connectivity index (χ1n) is 8.81. The van der Waals surface area contributed by atoms with Crippen LogP contribution in [0.3, 0.4) is 0 Å². The zero-order valence-corrected chi connectivity index (χ0v) is 15.1. The molecule has 0 spiro atoms. The molecule has 0 bridgehead atoms. The maximum Gasteiger partial charge on any atom is 0.252 e. The molecule has 5 rings (SSSR count). The summed E-state index contributed by atoms with van der Waals surface area (Å²) >= 11 is 1.63. The van der Waals surface area contributed by atoms with Gasteiger partial charge < -0.3 is 5.32 Å². The third-order valence-corrected chi connectivity index (χ3v) is 6.54. The minimum absolute atomic E-state index is 0.0128. The third kappa shape index (κ3) is 2.39. The van der Waals surface area contributed by atoms with E-state index in [2.05, 4.69) is 10.4 Å². The van der Waals surface area contributed by atoms with Crippen LogP contribution in [-0.4, -0.2) is 26.7 Å². The highest BCUT2D eigenvalue weighted by Crippen LogP contribution is 2.51. The molecule has 2 saturated carbocycles. The van der Waals surface area contributed by atoms with Crippen LogP contribution in [0.5, 0.6) is 0 Å². The molecule has 3 unspecified atom stereocenters. The van der Waals surface area contributed by atoms with Crippen LogP contribution in [0, 0.1) is 18.8 Å². The lowest BCUT2D eigenvalue weighted by Gasteiger charge is -2.15. The number of nitrogens with one attached hydrogen (secondary N) is 1. The highest BCUT2D eigenvalue weighted by Gasteiger charge is 2.48. The second-order valence-corrected chi connectivity index (χ2v) is 8.20. The van der Waals surface area contributed by atoms with Crippen LogP contribution >= 0.6 is 11.3 Å². The number of fused-ring (bicyclic) bond motifs is 2. The van der Waals surface area contributed by atoms with E-state index in [1.807, 2.05) is 37.6 Å². The van der Waals surface area contributed by atoms with E-state index in [-0.39, 0.29) is 5.91 Å². The zero-order chi connectivity index (χ0) is 17.1. The molecule has 0 aliphatic heterocycles. The fraction of sp³-hybridized carbons (Fsp3) is 0.421. The Morgan fingerprint density at radius 3 is 2.96 bits per heavy atom. The lowest BCUT2D eigenvalue weighted by molar-refractivity contribution is 0.0935. The zero-order valence-electron chi connectivity index (χ0n) is 14.3. The number of aromatic nitrogens is 3. The molecule has 5 nitrogen and oxygen atoms in total. The first-order valence-corrected chi connectivity index (χ1v) is 9.69. The summed E-state index contributed by atoms with van der Waals surface area (Å²) in [5, 5.41) is 10.7. The SMILES string of the molecule is Cc1nn(C)c2nc(-c3cccs3)cc(C(=O)NC3CCC4CC43)c12. The maximum atomic E-state index is 13.1. The topological polar surface area (TPSA) is 59.8 Å². The molecule has 3 aromatic heterocycles. The van der Waals surface area contributed by atoms with Crippen molar-refractivity contribution in [2.45, 2.75) is 32.2 Å². The van der Waals surface area contributed by atoms with Gasteiger partial charge in [-0.1, -0.05) is 6.07 Å². The molecule has 6 heteroatoms. The molecule has 2 aliphatic rings. The van der Waals surface area contributed by atoms with Gasteiger partial charge in [-0.05, 0) is 55.5 Å². The molecule has 1 N–H and O–H groups in total. The van der Waals surface area contributed by atoms with Crippen LogP contribution in [0.15, 0.2) is 23.6 Å². The minimum atomic E-state index is 0.0128. The molecule has 25 heavy (non-hydrogen) atoms. The number of carbonyl (C=O) groups excluding carboxylic acids is 1. The Hall–Kier alpha value is -2.21. The summed E-state index contributed by atoms with van der Waals surface area (Å²) in [6.07, 6.45) is 3.65. The Kier molecular flexibility index (Phi) is 3.25. The summed E-state index contributed by atoms with van der Waals surface area (Å²) < 4.78 is 1.77. The predicted molar refractivity (Wildman–Crippen MR) is 98.6 cm³/mol. The van der Waals surface area contributed by atoms with Crippen molar-refractivity contribution in [1.29, 1.82) is 0 Å². The second kappa shape index (κ2) is 5.39. The number of carbonyl (C=O) groups is 1. The van der Waals surface area contributed by atoms with Gasteiger partial charge in [0.1, 0.15) is 0 Å². The van der Waals surface area contributed by atoms with Gasteiger partial charge in [-0.2, -0.15) is 5.10 Å². The maximum absolute atomic E-state index is 13.1. The van der Waals surface area contributed by atoms with Crippen molar-refractivity contribution >= 4 is 28.3 Å². The van der Waals surface area contributed by atoms with Crippen molar-refractivity contribution in [3.63, 3.8) is 0 Å². The van der Waals surface area contributed by atoms with Gasteiger partial charge in [0.2, 0.25) is 0 Å². The summed E-state index contributed by atoms with van der Waals surface area (Å²) in [4.78, 5) is 18.9. The smallest absolute Gasteiger partial charge is 0.252 e. The average molecular weight is 352 g/mol. The number of thiophene rings is 1. The van der Waals surface area contributed by atoms with Gasteiger partial charge >= 0.3 is 0 Å². The van der Waals surface area contributed by atoms with Gasteiger partial charge in [0, 0.05) is 13.1 Å². The van der Waals surface area contributed by atoms with Crippen molar-refractivity contribution in [3.05, 3.63) is 34.8 Å². The molecule has 0 saturated heterocycles. The molecule has 2 aliphatic carbocycles. The van der Waals surface area contributed by atoms with Gasteiger partial charge in [-0.3, -0.25) is 9.48 Å². The number of hydrogen-bond donors (Lipinski definition) is 1. The number of hydrogen-bond acceptors (Lipinski definition) is 4. The lowest BCUT2D eigenvalue weighted by atomic mass is 10.1. The Balaban J connectivity index is 1.60. The normalized spacial score (nSPS) is 24.5. The molecule has 1 amide bonds. The van der Waals surface area contributed by atoms with E-state index in [0.717, 1.165) is 39.6 Å². The summed E-state index contributed by atoms with van der Waals surface area (Å²) in [7, 11) is 1.88. The molecule has 0 radical (unpaired) electrons. The van der Waals surface area contributed by atoms with Crippen molar-refractivity contribution < 1.29 is 4.79 Å². The molecule has 3 aromatic rings. The Morgan fingerprint density at radius 2 is 2.28 bits per heavy atom. The largest absolute Gasteiger partial charge is 0.349 e. The van der Waals surface area contributed by atoms with Crippen molar-refractivity contribution in [2.24, 2.45) is 18.9 Å². The van der Waals surface area contributed by atoms with E-state index in [9.17, 15) is 4.79 Å². The highest BCUT2D eigenvalue weighted by atomic mass is 32.1. The number of nitrogens with zero attached hydrogens (tertiary/aromatic N) is 3. The van der Waals surface area contributed by atoms with Crippen molar-refractivity contribution in [1.82, 2.24) is 20.1 Å². The van der Waals surface area contributed by atoms with Crippen LogP contribution < -0.4 is 5.32 Å². The molecule has 0 aromatic carbocycles. The van der Waals surface area contributed by atoms with E-state index in [1.54, 1.807) is 16.0 Å². The molecule has 3 atom stereocenters. The Bertz CT molecular complexity index is 975. The van der Waals surface area contributed by atoms with Crippen molar-refractivity contribution in [2.75, 3.05) is 0 Å². The third-order valence-electron chi connectivity index (χ3n) is 5.65. The first kappa shape index (κ1) is 15.1. The summed E-state index contributed by atoms with van der Waals surface area (Å²) in [6, 6.07) is 6.31. The van der Waals surface area contributed by atoms with E-state index >= 15 is 0 Å². The van der Waals surface area contributed by atoms with E-state index in [0.29, 0.717) is 17.5 Å². The quantitative estimate of drug-likeness (QED) is 0.784.